The molecule has 0 radical (unpaired) electrons. The predicted molar refractivity (Wildman–Crippen MR) is 153 cm³/mol. The van der Waals surface area contributed by atoms with Crippen LogP contribution in [0, 0.1) is 0 Å². The molecule has 2 amide bonds. The van der Waals surface area contributed by atoms with Gasteiger partial charge in [0.1, 0.15) is 0 Å². The number of aliphatic imine (C=N–C) groups is 2. The van der Waals surface area contributed by atoms with Gasteiger partial charge in [-0.15, -0.1) is 12.6 Å². The van der Waals surface area contributed by atoms with Gasteiger partial charge in [0, 0.05) is 16.0 Å². The monoisotopic (exact) mass is 520 g/mol. The fourth-order valence-corrected chi connectivity index (χ4v) is 3.72. The molecule has 0 atom stereocenters. The number of amides is 2. The molecule has 2 aliphatic rings. The van der Waals surface area contributed by atoms with Crippen molar-refractivity contribution in [3.05, 3.63) is 64.7 Å². The summed E-state index contributed by atoms with van der Waals surface area (Å²) in [6.45, 7) is 12.5. The number of Topliss-reactive ketones (excluding diaryl/α,β-unsaturated/α-hetero) is 2. The molecule has 2 heterocycles. The van der Waals surface area contributed by atoms with Crippen molar-refractivity contribution >= 4 is 55.1 Å². The van der Waals surface area contributed by atoms with Crippen LogP contribution in [0.5, 0.6) is 0 Å². The summed E-state index contributed by atoms with van der Waals surface area (Å²) in [7, 11) is 0. The zero-order valence-electron chi connectivity index (χ0n) is 22.4. The van der Waals surface area contributed by atoms with Crippen LogP contribution in [0.2, 0.25) is 0 Å². The average molecular weight is 521 g/mol. The minimum absolute atomic E-state index is 0.0697. The maximum absolute atomic E-state index is 11.5. The van der Waals surface area contributed by atoms with Crippen LogP contribution in [0.3, 0.4) is 0 Å². The Morgan fingerprint density at radius 2 is 1.24 bits per heavy atom. The van der Waals surface area contributed by atoms with Gasteiger partial charge in [0.25, 0.3) is 13.3 Å². The van der Waals surface area contributed by atoms with E-state index in [4.69, 9.17) is 0 Å². The Kier molecular flexibility index (Phi) is 11.5. The smallest absolute Gasteiger partial charge is 0.295 e. The van der Waals surface area contributed by atoms with Crippen molar-refractivity contribution in [3.8, 4) is 0 Å². The van der Waals surface area contributed by atoms with E-state index in [9.17, 15) is 14.4 Å². The Bertz CT molecular complexity index is 1220. The molecular formula is C29H36N4O3S+2. The Balaban J connectivity index is 0.000000195. The molecule has 4 rings (SSSR count). The summed E-state index contributed by atoms with van der Waals surface area (Å²) in [5.74, 6) is 1.21. The van der Waals surface area contributed by atoms with E-state index in [0.29, 0.717) is 30.7 Å². The molecule has 0 aromatic heterocycles. The van der Waals surface area contributed by atoms with Crippen LogP contribution in [0.15, 0.2) is 57.3 Å². The third-order valence-electron chi connectivity index (χ3n) is 5.72. The third-order valence-corrected chi connectivity index (χ3v) is 6.09. The number of hydrogen-bond donors (Lipinski definition) is 1. The molecule has 0 saturated carbocycles. The summed E-state index contributed by atoms with van der Waals surface area (Å²) in [6, 6.07) is 13.5. The third kappa shape index (κ3) is 9.13. The summed E-state index contributed by atoms with van der Waals surface area (Å²) in [6.07, 6.45) is 6.56. The van der Waals surface area contributed by atoms with Crippen molar-refractivity contribution in [1.29, 1.82) is 0 Å². The lowest BCUT2D eigenvalue weighted by Gasteiger charge is -2.07. The quantitative estimate of drug-likeness (QED) is 0.320. The second-order valence-corrected chi connectivity index (χ2v) is 9.77. The molecule has 2 aliphatic heterocycles. The lowest BCUT2D eigenvalue weighted by molar-refractivity contribution is -0.561. The molecular weight excluding hydrogens is 484 g/mol. The van der Waals surface area contributed by atoms with E-state index in [0.717, 1.165) is 10.5 Å². The molecule has 0 saturated heterocycles. The number of hydrogen-bond acceptors (Lipinski definition) is 6. The van der Waals surface area contributed by atoms with E-state index in [2.05, 4.69) is 50.3 Å². The Morgan fingerprint density at radius 1 is 0.757 bits per heavy atom. The van der Waals surface area contributed by atoms with Crippen LogP contribution in [0.1, 0.15) is 85.2 Å². The van der Waals surface area contributed by atoms with Crippen LogP contribution >= 0.6 is 12.6 Å². The SMILES string of the molecule is CC(=O)c1ccc(C(C)C)cc1.CC(=O)c1ccc(C(C)C)cc1S.O=C([N+]1=CC=NC1)[N+]1=CC=NC1. The molecule has 0 fully saturated rings. The minimum Gasteiger partial charge on any atom is -0.295 e. The standard InChI is InChI=1S/C11H14OS.C11H14O.C7H8N4O/c1-7(2)9-4-5-10(8(3)12)11(13)6-9;1-8(2)10-4-6-11(7-5-10)9(3)12;12-7(10-3-1-8-5-10)11-4-2-9-6-11/h4-7,13H,1-3H3;4-8H,1-3H3;1-4H,5-6H2/q;;+2. The van der Waals surface area contributed by atoms with Crippen molar-refractivity contribution in [2.45, 2.75) is 58.3 Å². The van der Waals surface area contributed by atoms with Crippen molar-refractivity contribution in [2.75, 3.05) is 13.3 Å². The van der Waals surface area contributed by atoms with E-state index < -0.39 is 0 Å². The molecule has 0 unspecified atom stereocenters. The molecule has 2 aromatic rings. The number of thiol groups is 1. The van der Waals surface area contributed by atoms with E-state index in [-0.39, 0.29) is 17.6 Å². The van der Waals surface area contributed by atoms with Crippen LogP contribution in [0.4, 0.5) is 4.79 Å². The summed E-state index contributed by atoms with van der Waals surface area (Å²) in [5.41, 5.74) is 3.99. The van der Waals surface area contributed by atoms with E-state index >= 15 is 0 Å². The summed E-state index contributed by atoms with van der Waals surface area (Å²) < 4.78 is 3.07. The summed E-state index contributed by atoms with van der Waals surface area (Å²) in [4.78, 5) is 42.1. The maximum Gasteiger partial charge on any atom is 0.675 e. The number of carbonyl (C=O) groups excluding carboxylic acids is 3. The number of benzene rings is 2. The lowest BCUT2D eigenvalue weighted by Crippen LogP contribution is -2.29. The van der Waals surface area contributed by atoms with Gasteiger partial charge in [-0.3, -0.25) is 9.59 Å². The first-order chi connectivity index (χ1) is 17.5. The van der Waals surface area contributed by atoms with Gasteiger partial charge in [0.2, 0.25) is 0 Å². The largest absolute Gasteiger partial charge is 0.675 e. The Labute approximate surface area is 224 Å². The summed E-state index contributed by atoms with van der Waals surface area (Å²) >= 11 is 4.28. The Morgan fingerprint density at radius 3 is 1.59 bits per heavy atom. The van der Waals surface area contributed by atoms with E-state index in [1.165, 1.54) is 20.3 Å². The maximum atomic E-state index is 11.5. The minimum atomic E-state index is -0.0787. The highest BCUT2D eigenvalue weighted by molar-refractivity contribution is 7.80. The highest BCUT2D eigenvalue weighted by Gasteiger charge is 2.32. The molecule has 8 heteroatoms. The molecule has 2 aromatic carbocycles. The van der Waals surface area contributed by atoms with Gasteiger partial charge >= 0.3 is 6.03 Å². The number of nitrogens with zero attached hydrogens (tertiary/aromatic N) is 4. The van der Waals surface area contributed by atoms with Crippen molar-refractivity contribution in [3.63, 3.8) is 0 Å². The van der Waals surface area contributed by atoms with Crippen molar-refractivity contribution < 1.29 is 23.5 Å². The molecule has 0 bridgehead atoms. The van der Waals surface area contributed by atoms with Gasteiger partial charge in [-0.1, -0.05) is 73.2 Å². The van der Waals surface area contributed by atoms with Gasteiger partial charge in [-0.05, 0) is 42.9 Å². The topological polar surface area (TPSA) is 82.0 Å². The molecule has 194 valence electrons. The van der Waals surface area contributed by atoms with Gasteiger partial charge < -0.3 is 0 Å². The first-order valence-electron chi connectivity index (χ1n) is 12.2. The summed E-state index contributed by atoms with van der Waals surface area (Å²) in [5, 5.41) is 0. The van der Waals surface area contributed by atoms with E-state index in [1.54, 1.807) is 38.7 Å². The van der Waals surface area contributed by atoms with Crippen molar-refractivity contribution in [1.82, 2.24) is 0 Å². The van der Waals surface area contributed by atoms with Gasteiger partial charge in [-0.2, -0.15) is 4.79 Å². The van der Waals surface area contributed by atoms with E-state index in [1.807, 2.05) is 42.5 Å². The normalized spacial score (nSPS) is 13.4. The average Bonchev–Trinajstić information content (AvgIpc) is 3.59. The number of rotatable bonds is 4. The fourth-order valence-electron chi connectivity index (χ4n) is 3.34. The molecule has 0 N–H and O–H groups in total. The van der Waals surface area contributed by atoms with Crippen LogP contribution in [-0.4, -0.2) is 64.9 Å². The predicted octanol–water partition coefficient (Wildman–Crippen LogP) is 5.67. The number of carbonyl (C=O) groups is 3. The van der Waals surface area contributed by atoms with Gasteiger partial charge in [0.15, 0.2) is 24.0 Å². The zero-order chi connectivity index (χ0) is 27.5. The zero-order valence-corrected chi connectivity index (χ0v) is 23.3. The molecule has 37 heavy (non-hydrogen) atoms. The second kappa shape index (κ2) is 14.3. The highest BCUT2D eigenvalue weighted by Crippen LogP contribution is 2.21. The number of ketones is 2. The molecule has 0 spiro atoms. The highest BCUT2D eigenvalue weighted by atomic mass is 32.1. The van der Waals surface area contributed by atoms with Crippen LogP contribution < -0.4 is 0 Å². The number of urea groups is 1. The molecule has 0 aliphatic carbocycles. The molecule has 7 nitrogen and oxygen atoms in total. The van der Waals surface area contributed by atoms with Crippen LogP contribution in [0.25, 0.3) is 0 Å². The first kappa shape index (κ1) is 29.7. The Hall–Kier alpha value is -3.52. The first-order valence-corrected chi connectivity index (χ1v) is 12.6. The fraction of sp³-hybridized carbons (Fsp3) is 0.345. The lowest BCUT2D eigenvalue weighted by atomic mass is 10.0. The van der Waals surface area contributed by atoms with Crippen molar-refractivity contribution in [2.24, 2.45) is 9.98 Å². The van der Waals surface area contributed by atoms with Crippen LogP contribution in [-0.2, 0) is 0 Å². The van der Waals surface area contributed by atoms with Gasteiger partial charge in [0.05, 0.1) is 12.4 Å². The second-order valence-electron chi connectivity index (χ2n) is 9.29. The van der Waals surface area contributed by atoms with Gasteiger partial charge in [-0.25, -0.2) is 9.98 Å².